The number of anilines is 1. The van der Waals surface area contributed by atoms with Gasteiger partial charge in [-0.1, -0.05) is 55.8 Å². The van der Waals surface area contributed by atoms with Crippen molar-refractivity contribution >= 4 is 39.1 Å². The van der Waals surface area contributed by atoms with Crippen molar-refractivity contribution in [2.75, 3.05) is 24.5 Å². The molecular formula is C30H36ClN3O5S. The molecule has 3 aromatic rings. The van der Waals surface area contributed by atoms with Gasteiger partial charge in [-0.25, -0.2) is 8.42 Å². The normalized spacial score (nSPS) is 12.1. The third-order valence-electron chi connectivity index (χ3n) is 6.38. The number of nitrogens with one attached hydrogen (secondary N) is 1. The van der Waals surface area contributed by atoms with Crippen molar-refractivity contribution in [3.63, 3.8) is 0 Å². The topological polar surface area (TPSA) is 96.0 Å². The molecule has 1 atom stereocenters. The fraction of sp³-hybridized carbons (Fsp3) is 0.333. The molecule has 0 spiro atoms. The van der Waals surface area contributed by atoms with E-state index < -0.39 is 28.5 Å². The van der Waals surface area contributed by atoms with Crippen LogP contribution in [0.25, 0.3) is 0 Å². The lowest BCUT2D eigenvalue weighted by atomic mass is 10.1. The van der Waals surface area contributed by atoms with E-state index in [1.165, 1.54) is 17.0 Å². The summed E-state index contributed by atoms with van der Waals surface area (Å²) in [7, 11) is -2.60. The van der Waals surface area contributed by atoms with Crippen LogP contribution in [0, 0.1) is 12.8 Å². The molecule has 0 bridgehead atoms. The summed E-state index contributed by atoms with van der Waals surface area (Å²) in [5.74, 6) is -0.0427. The van der Waals surface area contributed by atoms with Gasteiger partial charge in [0.1, 0.15) is 18.3 Å². The maximum absolute atomic E-state index is 14.0. The number of ether oxygens (including phenoxy) is 1. The summed E-state index contributed by atoms with van der Waals surface area (Å²) >= 11 is 6.15. The predicted molar refractivity (Wildman–Crippen MR) is 158 cm³/mol. The van der Waals surface area contributed by atoms with Crippen LogP contribution in [-0.2, 0) is 26.2 Å². The molecule has 0 fully saturated rings. The molecule has 40 heavy (non-hydrogen) atoms. The molecule has 10 heteroatoms. The van der Waals surface area contributed by atoms with Gasteiger partial charge >= 0.3 is 0 Å². The number of amides is 2. The third-order valence-corrected chi connectivity index (χ3v) is 8.39. The molecule has 0 saturated heterocycles. The molecule has 0 heterocycles. The second kappa shape index (κ2) is 13.7. The minimum Gasteiger partial charge on any atom is -0.497 e. The number of aryl methyl sites for hydroxylation is 1. The van der Waals surface area contributed by atoms with Gasteiger partial charge in [0.15, 0.2) is 0 Å². The number of rotatable bonds is 12. The predicted octanol–water partition coefficient (Wildman–Crippen LogP) is 5.04. The number of sulfonamides is 1. The van der Waals surface area contributed by atoms with Crippen molar-refractivity contribution in [1.29, 1.82) is 0 Å². The van der Waals surface area contributed by atoms with E-state index in [4.69, 9.17) is 16.3 Å². The quantitative estimate of drug-likeness (QED) is 0.321. The van der Waals surface area contributed by atoms with Crippen LogP contribution in [0.1, 0.15) is 31.9 Å². The molecule has 0 aliphatic heterocycles. The first-order valence-electron chi connectivity index (χ1n) is 13.0. The van der Waals surface area contributed by atoms with Crippen LogP contribution >= 0.6 is 11.6 Å². The lowest BCUT2D eigenvalue weighted by Crippen LogP contribution is -2.51. The zero-order valence-electron chi connectivity index (χ0n) is 23.4. The van der Waals surface area contributed by atoms with E-state index in [1.807, 2.05) is 19.9 Å². The van der Waals surface area contributed by atoms with Crippen molar-refractivity contribution in [1.82, 2.24) is 10.2 Å². The van der Waals surface area contributed by atoms with Gasteiger partial charge in [0.25, 0.3) is 10.0 Å². The highest BCUT2D eigenvalue weighted by atomic mass is 35.5. The van der Waals surface area contributed by atoms with Crippen molar-refractivity contribution in [3.05, 3.63) is 88.9 Å². The average Bonchev–Trinajstić information content (AvgIpc) is 2.93. The minimum atomic E-state index is -4.15. The third kappa shape index (κ3) is 7.76. The Kier molecular flexibility index (Phi) is 10.6. The van der Waals surface area contributed by atoms with E-state index in [2.05, 4.69) is 5.32 Å². The molecule has 3 rings (SSSR count). The molecule has 0 aliphatic rings. The van der Waals surface area contributed by atoms with Gasteiger partial charge in [0.2, 0.25) is 11.8 Å². The van der Waals surface area contributed by atoms with E-state index in [0.29, 0.717) is 28.6 Å². The van der Waals surface area contributed by atoms with Gasteiger partial charge in [-0.2, -0.15) is 0 Å². The Bertz CT molecular complexity index is 1430. The van der Waals surface area contributed by atoms with Gasteiger partial charge in [0, 0.05) is 18.1 Å². The fourth-order valence-electron chi connectivity index (χ4n) is 4.13. The molecule has 0 aliphatic carbocycles. The van der Waals surface area contributed by atoms with E-state index in [-0.39, 0.29) is 23.3 Å². The Morgan fingerprint density at radius 2 is 1.68 bits per heavy atom. The number of methoxy groups -OCH3 is 1. The zero-order chi connectivity index (χ0) is 29.4. The first kappa shape index (κ1) is 31.0. The molecule has 0 aromatic heterocycles. The molecule has 0 radical (unpaired) electrons. The van der Waals surface area contributed by atoms with Crippen molar-refractivity contribution in [2.24, 2.45) is 5.92 Å². The largest absolute Gasteiger partial charge is 0.497 e. The lowest BCUT2D eigenvalue weighted by molar-refractivity contribution is -0.139. The first-order valence-corrected chi connectivity index (χ1v) is 14.8. The van der Waals surface area contributed by atoms with Crippen molar-refractivity contribution < 1.29 is 22.7 Å². The van der Waals surface area contributed by atoms with Gasteiger partial charge in [-0.3, -0.25) is 13.9 Å². The van der Waals surface area contributed by atoms with E-state index in [0.717, 1.165) is 9.87 Å². The minimum absolute atomic E-state index is 0.0409. The fourth-order valence-corrected chi connectivity index (χ4v) is 5.86. The van der Waals surface area contributed by atoms with E-state index in [9.17, 15) is 18.0 Å². The van der Waals surface area contributed by atoms with Crippen molar-refractivity contribution in [3.8, 4) is 5.75 Å². The highest BCUT2D eigenvalue weighted by Gasteiger charge is 2.33. The number of halogens is 1. The Morgan fingerprint density at radius 3 is 2.30 bits per heavy atom. The Morgan fingerprint density at radius 1 is 0.975 bits per heavy atom. The van der Waals surface area contributed by atoms with Crippen LogP contribution < -0.4 is 14.4 Å². The maximum Gasteiger partial charge on any atom is 0.264 e. The SMILES string of the molecule is COc1cccc(CN(C(=O)CN(c2ccc(Cl)cc2C)S(=O)(=O)c2ccccc2)[C@H](C)C(=O)NCC(C)C)c1. The van der Waals surface area contributed by atoms with E-state index in [1.54, 1.807) is 75.6 Å². The summed E-state index contributed by atoms with van der Waals surface area (Å²) in [5, 5.41) is 3.32. The Balaban J connectivity index is 2.04. The van der Waals surface area contributed by atoms with Crippen LogP contribution in [0.5, 0.6) is 5.75 Å². The summed E-state index contributed by atoms with van der Waals surface area (Å²) in [6.45, 7) is 7.32. The Hall–Kier alpha value is -3.56. The van der Waals surface area contributed by atoms with Crippen molar-refractivity contribution in [2.45, 2.75) is 45.2 Å². The Labute approximate surface area is 241 Å². The summed E-state index contributed by atoms with van der Waals surface area (Å²) in [6, 6.07) is 19.0. The van der Waals surface area contributed by atoms with Crippen LogP contribution in [0.15, 0.2) is 77.7 Å². The molecule has 3 aromatic carbocycles. The van der Waals surface area contributed by atoms with Crippen LogP contribution in [0.3, 0.4) is 0 Å². The molecule has 0 saturated carbocycles. The van der Waals surface area contributed by atoms with Crippen LogP contribution in [0.2, 0.25) is 5.02 Å². The lowest BCUT2D eigenvalue weighted by Gasteiger charge is -2.32. The van der Waals surface area contributed by atoms with Crippen LogP contribution in [0.4, 0.5) is 5.69 Å². The first-order chi connectivity index (χ1) is 18.9. The van der Waals surface area contributed by atoms with Gasteiger partial charge < -0.3 is 15.0 Å². The monoisotopic (exact) mass is 585 g/mol. The van der Waals surface area contributed by atoms with Gasteiger partial charge in [0.05, 0.1) is 17.7 Å². The van der Waals surface area contributed by atoms with Crippen LogP contribution in [-0.4, -0.2) is 51.4 Å². The standard InChI is InChI=1S/C30H36ClN3O5S/c1-21(2)18-32-30(36)23(4)33(19-24-10-9-11-26(17-24)39-5)29(35)20-34(28-15-14-25(31)16-22(28)3)40(37,38)27-12-7-6-8-13-27/h6-17,21,23H,18-20H2,1-5H3,(H,32,36)/t23-/m1/s1. The smallest absolute Gasteiger partial charge is 0.264 e. The number of hydrogen-bond acceptors (Lipinski definition) is 5. The van der Waals surface area contributed by atoms with E-state index >= 15 is 0 Å². The second-order valence-corrected chi connectivity index (χ2v) is 12.2. The summed E-state index contributed by atoms with van der Waals surface area (Å²) < 4.78 is 34.2. The number of carbonyl (C=O) groups excluding carboxylic acids is 2. The number of benzene rings is 3. The zero-order valence-corrected chi connectivity index (χ0v) is 25.0. The summed E-state index contributed by atoms with van der Waals surface area (Å²) in [4.78, 5) is 28.5. The maximum atomic E-state index is 14.0. The summed E-state index contributed by atoms with van der Waals surface area (Å²) in [6.07, 6.45) is 0. The molecular weight excluding hydrogens is 550 g/mol. The highest BCUT2D eigenvalue weighted by Crippen LogP contribution is 2.29. The number of carbonyl (C=O) groups is 2. The molecule has 8 nitrogen and oxygen atoms in total. The summed E-state index contributed by atoms with van der Waals surface area (Å²) in [5.41, 5.74) is 1.64. The average molecular weight is 586 g/mol. The molecule has 2 amide bonds. The highest BCUT2D eigenvalue weighted by molar-refractivity contribution is 7.92. The molecule has 1 N–H and O–H groups in total. The van der Waals surface area contributed by atoms with Gasteiger partial charge in [-0.15, -0.1) is 0 Å². The number of hydrogen-bond donors (Lipinski definition) is 1. The second-order valence-electron chi connectivity index (χ2n) is 9.94. The van der Waals surface area contributed by atoms with Gasteiger partial charge in [-0.05, 0) is 73.4 Å². The number of nitrogens with zero attached hydrogens (tertiary/aromatic N) is 2. The molecule has 214 valence electrons. The molecule has 0 unspecified atom stereocenters.